The highest BCUT2D eigenvalue weighted by Gasteiger charge is 2.32. The Morgan fingerprint density at radius 1 is 1.31 bits per heavy atom. The minimum Gasteiger partial charge on any atom is -0.461 e. The number of furan rings is 1. The van der Waals surface area contributed by atoms with Crippen LogP contribution in [0.5, 0.6) is 0 Å². The van der Waals surface area contributed by atoms with E-state index < -0.39 is 0 Å². The summed E-state index contributed by atoms with van der Waals surface area (Å²) in [6.45, 7) is 7.29. The number of nitrogens with one attached hydrogen (secondary N) is 1. The maximum absolute atomic E-state index is 12.5. The number of aromatic nitrogens is 3. The van der Waals surface area contributed by atoms with E-state index in [0.717, 1.165) is 23.4 Å². The number of hydrogen-bond acceptors (Lipinski definition) is 4. The molecule has 0 aliphatic carbocycles. The Bertz CT molecular complexity index is 923. The fourth-order valence-electron chi connectivity index (χ4n) is 3.39. The van der Waals surface area contributed by atoms with Crippen molar-refractivity contribution < 1.29 is 9.21 Å². The van der Waals surface area contributed by atoms with Gasteiger partial charge in [0.25, 0.3) is 0 Å². The topological polar surface area (TPSA) is 76.2 Å². The van der Waals surface area contributed by atoms with Gasteiger partial charge in [0.2, 0.25) is 0 Å². The molecule has 4 rings (SSSR count). The molecule has 4 heterocycles. The number of carbonyl (C=O) groups is 1. The van der Waals surface area contributed by atoms with Crippen LogP contribution in [0, 0.1) is 0 Å². The Labute approximate surface area is 152 Å². The molecule has 3 aromatic heterocycles. The molecule has 26 heavy (non-hydrogen) atoms. The van der Waals surface area contributed by atoms with Gasteiger partial charge in [-0.3, -0.25) is 0 Å². The number of urea groups is 1. The van der Waals surface area contributed by atoms with Crippen LogP contribution in [0.2, 0.25) is 0 Å². The predicted octanol–water partition coefficient (Wildman–Crippen LogP) is 3.45. The molecular formula is C19H23N5O2. The molecule has 1 unspecified atom stereocenters. The summed E-state index contributed by atoms with van der Waals surface area (Å²) in [7, 11) is 0. The third kappa shape index (κ3) is 3.05. The summed E-state index contributed by atoms with van der Waals surface area (Å²) in [6.07, 6.45) is 4.27. The van der Waals surface area contributed by atoms with E-state index in [1.807, 2.05) is 49.9 Å². The average Bonchev–Trinajstić information content (AvgIpc) is 3.31. The van der Waals surface area contributed by atoms with Crippen molar-refractivity contribution in [3.05, 3.63) is 36.7 Å². The zero-order valence-electron chi connectivity index (χ0n) is 15.3. The maximum atomic E-state index is 12.5. The molecule has 1 fully saturated rings. The first-order valence-electron chi connectivity index (χ1n) is 8.86. The Hall–Kier alpha value is -2.83. The number of imidazole rings is 1. The average molecular weight is 353 g/mol. The molecule has 0 spiro atoms. The maximum Gasteiger partial charge on any atom is 0.317 e. The molecule has 3 aromatic rings. The summed E-state index contributed by atoms with van der Waals surface area (Å²) in [5, 5.41) is 3.03. The minimum absolute atomic E-state index is 0.0306. The van der Waals surface area contributed by atoms with Gasteiger partial charge >= 0.3 is 6.03 Å². The Kier molecular flexibility index (Phi) is 3.94. The number of amides is 2. The summed E-state index contributed by atoms with van der Waals surface area (Å²) in [6, 6.07) is 7.66. The summed E-state index contributed by atoms with van der Waals surface area (Å²) >= 11 is 0. The van der Waals surface area contributed by atoms with Crippen LogP contribution in [0.15, 0.2) is 41.1 Å². The second kappa shape index (κ2) is 6.16. The molecule has 1 aliphatic rings. The van der Waals surface area contributed by atoms with Gasteiger partial charge in [-0.15, -0.1) is 0 Å². The summed E-state index contributed by atoms with van der Waals surface area (Å²) in [5.74, 6) is 1.47. The van der Waals surface area contributed by atoms with Gasteiger partial charge < -0.3 is 19.2 Å². The zero-order chi connectivity index (χ0) is 18.3. The molecule has 0 bridgehead atoms. The Balaban J connectivity index is 1.67. The third-order valence-electron chi connectivity index (χ3n) is 4.49. The second-order valence-electron chi connectivity index (χ2n) is 7.70. The zero-order valence-corrected chi connectivity index (χ0v) is 15.3. The molecule has 1 aliphatic heterocycles. The van der Waals surface area contributed by atoms with Crippen LogP contribution in [0.4, 0.5) is 4.79 Å². The SMILES string of the molecule is CC(C)(C)NC(=O)N1CCC(n2c(-c3ccco3)nc3cccnc32)C1. The number of pyridine rings is 1. The van der Waals surface area contributed by atoms with Gasteiger partial charge in [-0.05, 0) is 51.5 Å². The van der Waals surface area contributed by atoms with E-state index in [-0.39, 0.29) is 17.6 Å². The van der Waals surface area contributed by atoms with Gasteiger partial charge in [-0.2, -0.15) is 0 Å². The van der Waals surface area contributed by atoms with Crippen LogP contribution in [0.25, 0.3) is 22.7 Å². The largest absolute Gasteiger partial charge is 0.461 e. The Morgan fingerprint density at radius 3 is 2.88 bits per heavy atom. The van der Waals surface area contributed by atoms with Gasteiger partial charge in [0.1, 0.15) is 5.52 Å². The number of carbonyl (C=O) groups excluding carboxylic acids is 1. The van der Waals surface area contributed by atoms with E-state index in [2.05, 4.69) is 14.9 Å². The summed E-state index contributed by atoms with van der Waals surface area (Å²) in [4.78, 5) is 23.6. The number of fused-ring (bicyclic) bond motifs is 1. The molecule has 2 amide bonds. The molecule has 1 atom stereocenters. The summed E-state index contributed by atoms with van der Waals surface area (Å²) < 4.78 is 7.70. The van der Waals surface area contributed by atoms with Gasteiger partial charge in [-0.1, -0.05) is 0 Å². The van der Waals surface area contributed by atoms with E-state index in [4.69, 9.17) is 9.40 Å². The smallest absolute Gasteiger partial charge is 0.317 e. The molecule has 0 saturated carbocycles. The normalized spacial score (nSPS) is 17.8. The van der Waals surface area contributed by atoms with Crippen LogP contribution in [0.3, 0.4) is 0 Å². The van der Waals surface area contributed by atoms with Crippen LogP contribution in [0.1, 0.15) is 33.2 Å². The van der Waals surface area contributed by atoms with Crippen LogP contribution < -0.4 is 5.32 Å². The first-order valence-corrected chi connectivity index (χ1v) is 8.86. The van der Waals surface area contributed by atoms with Crippen molar-refractivity contribution >= 4 is 17.2 Å². The number of likely N-dealkylation sites (tertiary alicyclic amines) is 1. The van der Waals surface area contributed by atoms with Crippen LogP contribution >= 0.6 is 0 Å². The van der Waals surface area contributed by atoms with Crippen molar-refractivity contribution in [1.82, 2.24) is 24.8 Å². The third-order valence-corrected chi connectivity index (χ3v) is 4.49. The standard InChI is InChI=1S/C19H23N5O2/c1-19(2,3)22-18(25)23-10-8-13(12-23)24-16-14(6-4-9-20-16)21-17(24)15-7-5-11-26-15/h4-7,9,11,13H,8,10,12H2,1-3H3,(H,22,25). The van der Waals surface area contributed by atoms with Gasteiger partial charge in [-0.25, -0.2) is 14.8 Å². The van der Waals surface area contributed by atoms with E-state index in [1.54, 1.807) is 12.5 Å². The van der Waals surface area contributed by atoms with E-state index >= 15 is 0 Å². The van der Waals surface area contributed by atoms with Crippen LogP contribution in [-0.4, -0.2) is 44.1 Å². The molecule has 7 heteroatoms. The van der Waals surface area contributed by atoms with Crippen molar-refractivity contribution in [2.75, 3.05) is 13.1 Å². The number of rotatable bonds is 2. The molecule has 1 N–H and O–H groups in total. The molecule has 0 aromatic carbocycles. The highest BCUT2D eigenvalue weighted by molar-refractivity contribution is 5.77. The second-order valence-corrected chi connectivity index (χ2v) is 7.70. The van der Waals surface area contributed by atoms with E-state index in [9.17, 15) is 4.79 Å². The number of nitrogens with zero attached hydrogens (tertiary/aromatic N) is 4. The quantitative estimate of drug-likeness (QED) is 0.766. The van der Waals surface area contributed by atoms with Gasteiger partial charge in [0.05, 0.1) is 12.3 Å². The predicted molar refractivity (Wildman–Crippen MR) is 98.7 cm³/mol. The monoisotopic (exact) mass is 353 g/mol. The fraction of sp³-hybridized carbons (Fsp3) is 0.421. The lowest BCUT2D eigenvalue weighted by atomic mass is 10.1. The van der Waals surface area contributed by atoms with E-state index in [1.165, 1.54) is 0 Å². The van der Waals surface area contributed by atoms with Gasteiger partial charge in [0.15, 0.2) is 17.2 Å². The molecule has 1 saturated heterocycles. The van der Waals surface area contributed by atoms with Crippen molar-refractivity contribution in [3.8, 4) is 11.6 Å². The first-order chi connectivity index (χ1) is 12.4. The molecule has 136 valence electrons. The highest BCUT2D eigenvalue weighted by atomic mass is 16.3. The minimum atomic E-state index is -0.252. The molecule has 0 radical (unpaired) electrons. The lowest BCUT2D eigenvalue weighted by molar-refractivity contribution is 0.198. The Morgan fingerprint density at radius 2 is 2.15 bits per heavy atom. The van der Waals surface area contributed by atoms with Crippen molar-refractivity contribution in [3.63, 3.8) is 0 Å². The highest BCUT2D eigenvalue weighted by Crippen LogP contribution is 2.32. The summed E-state index contributed by atoms with van der Waals surface area (Å²) in [5.41, 5.74) is 1.40. The fourth-order valence-corrected chi connectivity index (χ4v) is 3.39. The van der Waals surface area contributed by atoms with Crippen molar-refractivity contribution in [1.29, 1.82) is 0 Å². The lowest BCUT2D eigenvalue weighted by Crippen LogP contribution is -2.47. The van der Waals surface area contributed by atoms with Gasteiger partial charge in [0, 0.05) is 24.8 Å². The van der Waals surface area contributed by atoms with Crippen molar-refractivity contribution in [2.45, 2.75) is 38.8 Å². The first kappa shape index (κ1) is 16.6. The van der Waals surface area contributed by atoms with Crippen LogP contribution in [-0.2, 0) is 0 Å². The lowest BCUT2D eigenvalue weighted by Gasteiger charge is -2.25. The molecular weight excluding hydrogens is 330 g/mol. The molecule has 7 nitrogen and oxygen atoms in total. The number of hydrogen-bond donors (Lipinski definition) is 1. The van der Waals surface area contributed by atoms with E-state index in [0.29, 0.717) is 18.8 Å². The van der Waals surface area contributed by atoms with Crippen molar-refractivity contribution in [2.24, 2.45) is 0 Å².